The fraction of sp³-hybridized carbons (Fsp3) is 0.263. The van der Waals surface area contributed by atoms with Crippen molar-refractivity contribution in [2.24, 2.45) is 0 Å². The number of carbonyl (C=O) groups excluding carboxylic acids is 2. The quantitative estimate of drug-likeness (QED) is 0.570. The van der Waals surface area contributed by atoms with Crippen molar-refractivity contribution in [1.82, 2.24) is 5.32 Å². The summed E-state index contributed by atoms with van der Waals surface area (Å²) >= 11 is 5.99. The summed E-state index contributed by atoms with van der Waals surface area (Å²) in [5.41, 5.74) is 1.65. The van der Waals surface area contributed by atoms with E-state index in [-0.39, 0.29) is 24.6 Å². The lowest BCUT2D eigenvalue weighted by Crippen LogP contribution is -2.36. The van der Waals surface area contributed by atoms with E-state index in [1.165, 1.54) is 19.2 Å². The molecule has 0 aliphatic carbocycles. The van der Waals surface area contributed by atoms with Crippen LogP contribution in [0.4, 0.5) is 20.2 Å². The van der Waals surface area contributed by atoms with Crippen LogP contribution in [0.3, 0.4) is 0 Å². The molecule has 10 heteroatoms. The molecule has 2 amide bonds. The molecule has 7 nitrogen and oxygen atoms in total. The van der Waals surface area contributed by atoms with Crippen molar-refractivity contribution in [3.8, 4) is 11.5 Å². The molecule has 0 saturated heterocycles. The predicted molar refractivity (Wildman–Crippen MR) is 106 cm³/mol. The lowest BCUT2D eigenvalue weighted by Gasteiger charge is -2.13. The van der Waals surface area contributed by atoms with Gasteiger partial charge in [-0.1, -0.05) is 17.7 Å². The normalized spacial score (nSPS) is 10.4. The van der Waals surface area contributed by atoms with Crippen LogP contribution in [0.2, 0.25) is 5.02 Å². The van der Waals surface area contributed by atoms with Crippen LogP contribution in [0.25, 0.3) is 0 Å². The fourth-order valence-electron chi connectivity index (χ4n) is 2.34. The number of amides is 2. The van der Waals surface area contributed by atoms with Crippen molar-refractivity contribution in [2.75, 3.05) is 30.8 Å². The van der Waals surface area contributed by atoms with Crippen LogP contribution in [0.5, 0.6) is 11.5 Å². The highest BCUT2D eigenvalue weighted by molar-refractivity contribution is 6.31. The second-order valence-electron chi connectivity index (χ2n) is 5.83. The maximum atomic E-state index is 12.5. The van der Waals surface area contributed by atoms with Gasteiger partial charge < -0.3 is 25.4 Å². The van der Waals surface area contributed by atoms with Crippen molar-refractivity contribution in [3.05, 3.63) is 47.0 Å². The Labute approximate surface area is 171 Å². The van der Waals surface area contributed by atoms with Crippen LogP contribution >= 0.6 is 11.6 Å². The number of halogens is 3. The zero-order valence-electron chi connectivity index (χ0n) is 15.7. The highest BCUT2D eigenvalue weighted by Gasteiger charge is 2.12. The van der Waals surface area contributed by atoms with Crippen LogP contribution in [-0.2, 0) is 9.59 Å². The van der Waals surface area contributed by atoms with Crippen LogP contribution in [0.15, 0.2) is 36.4 Å². The number of benzene rings is 2. The second kappa shape index (κ2) is 10.5. The van der Waals surface area contributed by atoms with Crippen molar-refractivity contribution >= 4 is 34.8 Å². The smallest absolute Gasteiger partial charge is 0.387 e. The fourth-order valence-corrected chi connectivity index (χ4v) is 2.51. The average Bonchev–Trinajstić information content (AvgIpc) is 2.68. The van der Waals surface area contributed by atoms with E-state index >= 15 is 0 Å². The first-order chi connectivity index (χ1) is 13.8. The summed E-state index contributed by atoms with van der Waals surface area (Å²) in [6.07, 6.45) is 0. The van der Waals surface area contributed by atoms with Crippen molar-refractivity contribution in [1.29, 1.82) is 0 Å². The van der Waals surface area contributed by atoms with E-state index in [0.717, 1.165) is 5.56 Å². The third-order valence-corrected chi connectivity index (χ3v) is 4.23. The minimum Gasteiger partial charge on any atom is -0.493 e. The highest BCUT2D eigenvalue weighted by atomic mass is 35.5. The molecule has 0 aliphatic rings. The Morgan fingerprint density at radius 1 is 1.10 bits per heavy atom. The molecule has 0 atom stereocenters. The molecule has 3 N–H and O–H groups in total. The Bertz CT molecular complexity index is 881. The van der Waals surface area contributed by atoms with Crippen LogP contribution < -0.4 is 25.4 Å². The van der Waals surface area contributed by atoms with Gasteiger partial charge in [0.05, 0.1) is 20.2 Å². The number of methoxy groups -OCH3 is 1. The monoisotopic (exact) mass is 427 g/mol. The summed E-state index contributed by atoms with van der Waals surface area (Å²) in [7, 11) is 1.32. The summed E-state index contributed by atoms with van der Waals surface area (Å²) in [6.45, 7) is -1.66. The zero-order valence-corrected chi connectivity index (χ0v) is 16.5. The average molecular weight is 428 g/mol. The van der Waals surface area contributed by atoms with E-state index in [2.05, 4.69) is 20.7 Å². The summed E-state index contributed by atoms with van der Waals surface area (Å²) in [5.74, 6) is -0.909. The molecule has 156 valence electrons. The van der Waals surface area contributed by atoms with Gasteiger partial charge in [-0.15, -0.1) is 0 Å². The van der Waals surface area contributed by atoms with Gasteiger partial charge in [-0.25, -0.2) is 0 Å². The van der Waals surface area contributed by atoms with Crippen molar-refractivity contribution in [3.63, 3.8) is 0 Å². The van der Waals surface area contributed by atoms with Crippen molar-refractivity contribution in [2.45, 2.75) is 13.5 Å². The molecule has 0 heterocycles. The Morgan fingerprint density at radius 3 is 2.55 bits per heavy atom. The molecular formula is C19H20ClF2N3O4. The lowest BCUT2D eigenvalue weighted by molar-refractivity contribution is -0.122. The van der Waals surface area contributed by atoms with Gasteiger partial charge in [0.15, 0.2) is 11.5 Å². The lowest BCUT2D eigenvalue weighted by atomic mass is 10.2. The third kappa shape index (κ3) is 6.79. The maximum absolute atomic E-state index is 12.5. The molecule has 0 fully saturated rings. The van der Waals surface area contributed by atoms with Gasteiger partial charge in [-0.2, -0.15) is 8.78 Å². The second-order valence-corrected chi connectivity index (χ2v) is 6.24. The van der Waals surface area contributed by atoms with Crippen LogP contribution in [0.1, 0.15) is 5.56 Å². The topological polar surface area (TPSA) is 88.7 Å². The van der Waals surface area contributed by atoms with Gasteiger partial charge >= 0.3 is 6.61 Å². The standard InChI is InChI=1S/C19H20ClF2N3O4/c1-11-13(20)4-3-5-14(11)25-18(27)10-24-17(26)9-23-12-6-7-15(28-2)16(8-12)29-19(21)22/h3-8,19,23H,9-10H2,1-2H3,(H,24,26)(H,25,27). The molecule has 0 spiro atoms. The number of hydrogen-bond acceptors (Lipinski definition) is 5. The van der Waals surface area contributed by atoms with Gasteiger partial charge in [0, 0.05) is 22.5 Å². The summed E-state index contributed by atoms with van der Waals surface area (Å²) < 4.78 is 34.2. The first-order valence-electron chi connectivity index (χ1n) is 8.48. The molecule has 0 radical (unpaired) electrons. The number of carbonyl (C=O) groups is 2. The van der Waals surface area contributed by atoms with Crippen molar-refractivity contribution < 1.29 is 27.8 Å². The molecule has 0 aliphatic heterocycles. The zero-order chi connectivity index (χ0) is 21.4. The highest BCUT2D eigenvalue weighted by Crippen LogP contribution is 2.31. The molecule has 2 rings (SSSR count). The summed E-state index contributed by atoms with van der Waals surface area (Å²) in [4.78, 5) is 23.9. The minimum absolute atomic E-state index is 0.133. The third-order valence-electron chi connectivity index (χ3n) is 3.82. The molecule has 2 aromatic rings. The molecule has 2 aromatic carbocycles. The SMILES string of the molecule is COc1ccc(NCC(=O)NCC(=O)Nc2cccc(Cl)c2C)cc1OC(F)F. The number of hydrogen-bond donors (Lipinski definition) is 3. The van der Waals surface area contributed by atoms with E-state index in [0.29, 0.717) is 16.4 Å². The molecule has 0 unspecified atom stereocenters. The number of anilines is 2. The Hall–Kier alpha value is -3.07. The van der Waals surface area contributed by atoms with E-state index in [1.807, 2.05) is 0 Å². The molecule has 0 aromatic heterocycles. The van der Waals surface area contributed by atoms with E-state index in [9.17, 15) is 18.4 Å². The summed E-state index contributed by atoms with van der Waals surface area (Å²) in [6, 6.07) is 9.36. The van der Waals surface area contributed by atoms with Crippen LogP contribution in [0, 0.1) is 6.92 Å². The van der Waals surface area contributed by atoms with Gasteiger partial charge in [0.1, 0.15) is 0 Å². The molecular weight excluding hydrogens is 408 g/mol. The number of rotatable bonds is 9. The van der Waals surface area contributed by atoms with Gasteiger partial charge in [-0.05, 0) is 36.8 Å². The first kappa shape index (κ1) is 22.2. The minimum atomic E-state index is -3.01. The molecule has 0 saturated carbocycles. The summed E-state index contributed by atoms with van der Waals surface area (Å²) in [5, 5.41) is 8.39. The number of nitrogens with one attached hydrogen (secondary N) is 3. The Kier molecular flexibility index (Phi) is 8.02. The van der Waals surface area contributed by atoms with Crippen LogP contribution in [-0.4, -0.2) is 38.6 Å². The van der Waals surface area contributed by atoms with E-state index in [1.54, 1.807) is 31.2 Å². The van der Waals surface area contributed by atoms with Gasteiger partial charge in [0.2, 0.25) is 11.8 Å². The largest absolute Gasteiger partial charge is 0.493 e. The van der Waals surface area contributed by atoms with Gasteiger partial charge in [0.25, 0.3) is 0 Å². The van der Waals surface area contributed by atoms with E-state index in [4.69, 9.17) is 16.3 Å². The number of alkyl halides is 2. The Balaban J connectivity index is 1.83. The Morgan fingerprint density at radius 2 is 1.86 bits per heavy atom. The molecule has 0 bridgehead atoms. The van der Waals surface area contributed by atoms with E-state index < -0.39 is 18.4 Å². The van der Waals surface area contributed by atoms with Gasteiger partial charge in [-0.3, -0.25) is 9.59 Å². The maximum Gasteiger partial charge on any atom is 0.387 e. The first-order valence-corrected chi connectivity index (χ1v) is 8.86. The number of ether oxygens (including phenoxy) is 2. The predicted octanol–water partition coefficient (Wildman–Crippen LogP) is 3.43. The molecule has 29 heavy (non-hydrogen) atoms.